The molecule has 0 aromatic carbocycles. The molecule has 0 saturated heterocycles. The van der Waals surface area contributed by atoms with Gasteiger partial charge in [0.1, 0.15) is 6.42 Å². The lowest BCUT2D eigenvalue weighted by Gasteiger charge is -2.36. The number of carbonyl (C=O) groups excluding carboxylic acids is 1. The molecule has 4 nitrogen and oxygen atoms in total. The average Bonchev–Trinajstić information content (AvgIpc) is 2.96. The molecule has 0 heterocycles. The van der Waals surface area contributed by atoms with Gasteiger partial charge in [0.2, 0.25) is 0 Å². The highest BCUT2D eigenvalue weighted by atomic mass is 19.4. The van der Waals surface area contributed by atoms with Crippen LogP contribution in [0.1, 0.15) is 19.3 Å². The van der Waals surface area contributed by atoms with Crippen molar-refractivity contribution < 1.29 is 45.8 Å². The fourth-order valence-corrected chi connectivity index (χ4v) is 3.03. The number of carbonyl (C=O) groups is 2. The van der Waals surface area contributed by atoms with Crippen LogP contribution in [0, 0.1) is 17.8 Å². The molecule has 10 heteroatoms. The van der Waals surface area contributed by atoms with Crippen molar-refractivity contribution in [3.63, 3.8) is 0 Å². The summed E-state index contributed by atoms with van der Waals surface area (Å²) in [6, 6.07) is 0. The molecule has 0 aromatic heterocycles. The Bertz CT molecular complexity index is 522. The van der Waals surface area contributed by atoms with E-state index in [9.17, 15) is 35.9 Å². The zero-order chi connectivity index (χ0) is 17.6. The third-order valence-electron chi connectivity index (χ3n) is 4.17. The van der Waals surface area contributed by atoms with Crippen molar-refractivity contribution in [1.82, 2.24) is 0 Å². The first-order chi connectivity index (χ1) is 10.4. The molecule has 130 valence electrons. The maximum Gasteiger partial charge on any atom is 0.438 e. The molecule has 2 aliphatic rings. The largest absolute Gasteiger partial charge is 0.481 e. The highest BCUT2D eigenvalue weighted by Gasteiger charge is 2.75. The summed E-state index contributed by atoms with van der Waals surface area (Å²) in [5.74, 6) is -5.72. The van der Waals surface area contributed by atoms with Gasteiger partial charge in [0, 0.05) is 0 Å². The Morgan fingerprint density at radius 2 is 1.61 bits per heavy atom. The molecule has 2 aliphatic carbocycles. The number of carboxylic acids is 1. The zero-order valence-electron chi connectivity index (χ0n) is 11.4. The lowest BCUT2D eigenvalue weighted by molar-refractivity contribution is -0.370. The van der Waals surface area contributed by atoms with E-state index in [0.717, 1.165) is 0 Å². The van der Waals surface area contributed by atoms with Crippen molar-refractivity contribution in [2.75, 3.05) is 0 Å². The van der Waals surface area contributed by atoms with Crippen LogP contribution in [0.2, 0.25) is 0 Å². The summed E-state index contributed by atoms with van der Waals surface area (Å²) >= 11 is 0. The Balaban J connectivity index is 2.32. The van der Waals surface area contributed by atoms with Crippen molar-refractivity contribution in [2.45, 2.75) is 37.2 Å². The monoisotopic (exact) mass is 346 g/mol. The minimum Gasteiger partial charge on any atom is -0.481 e. The molecule has 1 N–H and O–H groups in total. The first kappa shape index (κ1) is 17.6. The summed E-state index contributed by atoms with van der Waals surface area (Å²) in [5.41, 5.74) is -5.05. The van der Waals surface area contributed by atoms with Crippen LogP contribution in [0.25, 0.3) is 0 Å². The van der Waals surface area contributed by atoms with Gasteiger partial charge in [-0.1, -0.05) is 12.2 Å². The Morgan fingerprint density at radius 3 is 1.96 bits per heavy atom. The van der Waals surface area contributed by atoms with Crippen molar-refractivity contribution >= 4 is 11.9 Å². The first-order valence-corrected chi connectivity index (χ1v) is 6.64. The Labute approximate surface area is 126 Å². The Morgan fingerprint density at radius 1 is 1.04 bits per heavy atom. The predicted octanol–water partition coefficient (Wildman–Crippen LogP) is 3.08. The molecule has 0 aromatic rings. The van der Waals surface area contributed by atoms with Crippen LogP contribution in [-0.4, -0.2) is 35.0 Å². The van der Waals surface area contributed by atoms with Gasteiger partial charge in [-0.3, -0.25) is 9.59 Å². The molecule has 0 amide bonds. The number of allylic oxidation sites excluding steroid dienone is 2. The smallest absolute Gasteiger partial charge is 0.438 e. The number of hydrogen-bond acceptors (Lipinski definition) is 3. The molecule has 1 saturated carbocycles. The number of carboxylic acid groups (broad SMARTS) is 1. The van der Waals surface area contributed by atoms with Crippen molar-refractivity contribution in [3.8, 4) is 0 Å². The lowest BCUT2D eigenvalue weighted by Crippen LogP contribution is -2.61. The molecule has 0 radical (unpaired) electrons. The quantitative estimate of drug-likeness (QED) is 0.483. The molecule has 1 fully saturated rings. The Kier molecular flexibility index (Phi) is 4.15. The van der Waals surface area contributed by atoms with E-state index < -0.39 is 48.1 Å². The maximum absolute atomic E-state index is 13.0. The van der Waals surface area contributed by atoms with E-state index in [0.29, 0.717) is 6.42 Å². The van der Waals surface area contributed by atoms with Crippen molar-refractivity contribution in [2.24, 2.45) is 17.8 Å². The van der Waals surface area contributed by atoms with E-state index in [4.69, 9.17) is 5.11 Å². The van der Waals surface area contributed by atoms with E-state index in [2.05, 4.69) is 4.74 Å². The van der Waals surface area contributed by atoms with Crippen LogP contribution in [0.3, 0.4) is 0 Å². The Hall–Kier alpha value is -1.74. The van der Waals surface area contributed by atoms with Gasteiger partial charge in [0.15, 0.2) is 0 Å². The van der Waals surface area contributed by atoms with Gasteiger partial charge in [0.25, 0.3) is 0 Å². The van der Waals surface area contributed by atoms with Gasteiger partial charge in [0.05, 0.1) is 5.92 Å². The fourth-order valence-electron chi connectivity index (χ4n) is 3.03. The standard InChI is InChI=1S/C13H12F6O4/c14-12(15,16)11(5-9(20)21,13(17,18)19)23-10(22)8-4-6-1-2-7(8)3-6/h1-2,6-8H,3-5H2,(H,20,21). The molecule has 0 spiro atoms. The van der Waals surface area contributed by atoms with Gasteiger partial charge in [-0.25, -0.2) is 0 Å². The second kappa shape index (κ2) is 5.41. The van der Waals surface area contributed by atoms with E-state index >= 15 is 0 Å². The van der Waals surface area contributed by atoms with E-state index in [1.807, 2.05) is 0 Å². The second-order valence-corrected chi connectivity index (χ2v) is 5.70. The zero-order valence-corrected chi connectivity index (χ0v) is 11.4. The van der Waals surface area contributed by atoms with E-state index in [-0.39, 0.29) is 12.3 Å². The van der Waals surface area contributed by atoms with Crippen LogP contribution >= 0.6 is 0 Å². The summed E-state index contributed by atoms with van der Waals surface area (Å²) < 4.78 is 81.8. The molecule has 2 rings (SSSR count). The van der Waals surface area contributed by atoms with Crippen LogP contribution in [0.15, 0.2) is 12.2 Å². The SMILES string of the molecule is O=C(O)CC(OC(=O)C1CC2C=CC1C2)(C(F)(F)F)C(F)(F)F. The molecule has 3 atom stereocenters. The summed E-state index contributed by atoms with van der Waals surface area (Å²) in [6.07, 6.45) is -10.8. The molecule has 3 unspecified atom stereocenters. The minimum atomic E-state index is -6.10. The van der Waals surface area contributed by atoms with Crippen LogP contribution in [0.5, 0.6) is 0 Å². The van der Waals surface area contributed by atoms with Crippen LogP contribution < -0.4 is 0 Å². The molecule has 2 bridgehead atoms. The highest BCUT2D eigenvalue weighted by Crippen LogP contribution is 2.50. The number of halogens is 6. The summed E-state index contributed by atoms with van der Waals surface area (Å²) in [5, 5.41) is 8.46. The van der Waals surface area contributed by atoms with Gasteiger partial charge in [-0.15, -0.1) is 0 Å². The molecule has 0 aliphatic heterocycles. The number of esters is 1. The van der Waals surface area contributed by atoms with Crippen molar-refractivity contribution in [1.29, 1.82) is 0 Å². The van der Waals surface area contributed by atoms with Gasteiger partial charge < -0.3 is 9.84 Å². The maximum atomic E-state index is 13.0. The first-order valence-electron chi connectivity index (χ1n) is 6.64. The third kappa shape index (κ3) is 3.02. The molecular formula is C13H12F6O4. The molecule has 23 heavy (non-hydrogen) atoms. The van der Waals surface area contributed by atoms with Gasteiger partial charge >= 0.3 is 29.9 Å². The number of ether oxygens (including phenoxy) is 1. The topological polar surface area (TPSA) is 63.6 Å². The van der Waals surface area contributed by atoms with Gasteiger partial charge in [-0.05, 0) is 24.7 Å². The van der Waals surface area contributed by atoms with E-state index in [1.54, 1.807) is 12.2 Å². The van der Waals surface area contributed by atoms with E-state index in [1.165, 1.54) is 0 Å². The van der Waals surface area contributed by atoms with Crippen LogP contribution in [-0.2, 0) is 14.3 Å². The fraction of sp³-hybridized carbons (Fsp3) is 0.692. The summed E-state index contributed by atoms with van der Waals surface area (Å²) in [6.45, 7) is 0. The summed E-state index contributed by atoms with van der Waals surface area (Å²) in [7, 11) is 0. The number of rotatable bonds is 4. The summed E-state index contributed by atoms with van der Waals surface area (Å²) in [4.78, 5) is 22.4. The minimum absolute atomic E-state index is 0.0804. The number of alkyl halides is 6. The number of hydrogen-bond donors (Lipinski definition) is 1. The van der Waals surface area contributed by atoms with Gasteiger partial charge in [-0.2, -0.15) is 26.3 Å². The molecular weight excluding hydrogens is 334 g/mol. The van der Waals surface area contributed by atoms with Crippen molar-refractivity contribution in [3.05, 3.63) is 12.2 Å². The highest BCUT2D eigenvalue weighted by molar-refractivity contribution is 5.76. The number of aliphatic carboxylic acids is 1. The normalized spacial score (nSPS) is 27.3. The predicted molar refractivity (Wildman–Crippen MR) is 62.0 cm³/mol. The second-order valence-electron chi connectivity index (χ2n) is 5.70. The lowest BCUT2D eigenvalue weighted by atomic mass is 9.92. The number of fused-ring (bicyclic) bond motifs is 2. The third-order valence-corrected chi connectivity index (χ3v) is 4.17. The van der Waals surface area contributed by atoms with Crippen LogP contribution in [0.4, 0.5) is 26.3 Å². The average molecular weight is 346 g/mol.